The number of carboxylic acids is 1. The van der Waals surface area contributed by atoms with E-state index in [1.165, 1.54) is 31.2 Å². The number of nitrogens with one attached hydrogen (secondary N) is 6. The summed E-state index contributed by atoms with van der Waals surface area (Å²) in [7, 11) is 0. The molecule has 0 fully saturated rings. The van der Waals surface area contributed by atoms with E-state index >= 15 is 0 Å². The zero-order valence-electron chi connectivity index (χ0n) is 34.3. The van der Waals surface area contributed by atoms with Crippen LogP contribution < -0.4 is 60.6 Å². The molecule has 0 saturated heterocycles. The Bertz CT molecular complexity index is 1720. The fraction of sp³-hybridized carbons (Fsp3) is 0.568. The second kappa shape index (κ2) is 26.5. The summed E-state index contributed by atoms with van der Waals surface area (Å²) in [5, 5.41) is 43.1. The molecule has 0 spiro atoms. The summed E-state index contributed by atoms with van der Waals surface area (Å²) in [5.74, 6) is -9.09. The normalized spacial score (nSPS) is 14.3. The number of rotatable bonds is 28. The third-order valence-corrected chi connectivity index (χ3v) is 8.81. The Morgan fingerprint density at radius 2 is 1.20 bits per heavy atom. The van der Waals surface area contributed by atoms with Gasteiger partial charge in [-0.15, -0.1) is 0 Å². The van der Waals surface area contributed by atoms with Gasteiger partial charge in [-0.2, -0.15) is 0 Å². The minimum absolute atomic E-state index is 0.0170. The lowest BCUT2D eigenvalue weighted by atomic mass is 10.0. The highest BCUT2D eigenvalue weighted by atomic mass is 16.4. The van der Waals surface area contributed by atoms with Gasteiger partial charge in [-0.25, -0.2) is 0 Å². The molecule has 1 rings (SSSR count). The number of nitrogens with zero attached hydrogens (tertiary/aromatic N) is 1. The Morgan fingerprint density at radius 1 is 0.672 bits per heavy atom. The van der Waals surface area contributed by atoms with Crippen molar-refractivity contribution in [2.24, 2.45) is 39.6 Å². The third-order valence-electron chi connectivity index (χ3n) is 8.81. The molecule has 0 aromatic heterocycles. The molecule has 19 N–H and O–H groups in total. The number of aliphatic carboxylic acids is 1. The average molecular weight is 865 g/mol. The van der Waals surface area contributed by atoms with Crippen LogP contribution in [-0.2, 0) is 49.6 Å². The van der Waals surface area contributed by atoms with Gasteiger partial charge in [0.1, 0.15) is 42.0 Å². The molecule has 1 aromatic rings. The highest BCUT2D eigenvalue weighted by molar-refractivity contribution is 5.97. The van der Waals surface area contributed by atoms with E-state index in [4.69, 9.17) is 28.7 Å². The molecule has 0 heterocycles. The van der Waals surface area contributed by atoms with Crippen LogP contribution in [0.4, 0.5) is 0 Å². The molecule has 61 heavy (non-hydrogen) atoms. The maximum atomic E-state index is 13.7. The number of carbonyl (C=O) groups excluding carboxylic acids is 8. The van der Waals surface area contributed by atoms with Crippen molar-refractivity contribution in [1.82, 2.24) is 31.9 Å². The van der Waals surface area contributed by atoms with Crippen LogP contribution in [0.5, 0.6) is 5.75 Å². The van der Waals surface area contributed by atoms with Crippen molar-refractivity contribution in [2.75, 3.05) is 13.1 Å². The first-order valence-electron chi connectivity index (χ1n) is 19.3. The first-order valence-corrected chi connectivity index (χ1v) is 19.3. The third kappa shape index (κ3) is 21.3. The molecule has 1 aromatic carbocycles. The molecule has 24 nitrogen and oxygen atoms in total. The average Bonchev–Trinajstić information content (AvgIpc) is 3.17. The van der Waals surface area contributed by atoms with Crippen LogP contribution in [0.15, 0.2) is 29.3 Å². The van der Waals surface area contributed by atoms with Crippen LogP contribution in [0.25, 0.3) is 0 Å². The summed E-state index contributed by atoms with van der Waals surface area (Å²) in [6.45, 7) is 4.04. The Balaban J connectivity index is 3.22. The van der Waals surface area contributed by atoms with Gasteiger partial charge in [0.15, 0.2) is 5.96 Å². The van der Waals surface area contributed by atoms with Crippen LogP contribution in [0.2, 0.25) is 0 Å². The van der Waals surface area contributed by atoms with E-state index in [-0.39, 0.29) is 62.7 Å². The van der Waals surface area contributed by atoms with Crippen LogP contribution >= 0.6 is 0 Å². The van der Waals surface area contributed by atoms with Crippen molar-refractivity contribution < 1.29 is 58.5 Å². The molecular weight excluding hydrogens is 804 g/mol. The summed E-state index contributed by atoms with van der Waals surface area (Å²) in [6, 6.07) is -2.70. The van der Waals surface area contributed by atoms with Gasteiger partial charge < -0.3 is 75.9 Å². The van der Waals surface area contributed by atoms with E-state index in [2.05, 4.69) is 36.9 Å². The maximum Gasteiger partial charge on any atom is 0.303 e. The Kier molecular flexibility index (Phi) is 22.8. The minimum atomic E-state index is -1.57. The minimum Gasteiger partial charge on any atom is -0.508 e. The molecule has 0 saturated carbocycles. The molecule has 0 unspecified atom stereocenters. The van der Waals surface area contributed by atoms with Crippen molar-refractivity contribution in [2.45, 2.75) is 114 Å². The van der Waals surface area contributed by atoms with Crippen molar-refractivity contribution >= 4 is 59.2 Å². The number of phenols is 1. The van der Waals surface area contributed by atoms with Crippen LogP contribution in [0.1, 0.15) is 71.3 Å². The molecule has 0 aliphatic rings. The largest absolute Gasteiger partial charge is 0.508 e. The molecule has 0 bridgehead atoms. The summed E-state index contributed by atoms with van der Waals surface area (Å²) in [5.41, 5.74) is 27.6. The zero-order valence-corrected chi connectivity index (χ0v) is 34.3. The molecular formula is C37H60N12O12. The molecule has 0 aliphatic carbocycles. The lowest BCUT2D eigenvalue weighted by molar-refractivity contribution is -0.138. The second-order valence-electron chi connectivity index (χ2n) is 14.6. The van der Waals surface area contributed by atoms with Crippen LogP contribution in [-0.4, -0.2) is 130 Å². The van der Waals surface area contributed by atoms with Crippen molar-refractivity contribution in [3.05, 3.63) is 29.8 Å². The summed E-state index contributed by atoms with van der Waals surface area (Å²) in [6.07, 6.45) is -2.94. The standard InChI is InChI=1S/C37H60N12O12/c1-18(2)15-25(35(60)47-24(10-12-27(38)52)34(59)46-22(31(40)56)5-4-14-43-37(41)42)48-33(58)23(11-13-29(54)55)45-28(53)17-44-32(57)26(49-36(61)30(39)19(3)50)16-20-6-8-21(51)9-7-20/h6-9,18-19,22-26,30,50-51H,4-5,10-17,39H2,1-3H3,(H2,38,52)(H2,40,56)(H,44,57)(H,45,53)(H,46,59)(H,47,60)(H,48,58)(H,49,61)(H,54,55)(H4,41,42,43)/t19-,22+,23+,24+,25+,26+,30+/m1/s1. The van der Waals surface area contributed by atoms with Gasteiger partial charge in [0, 0.05) is 25.8 Å². The SMILES string of the molecule is CC(C)C[C@H](NC(=O)[C@H](CCC(=O)O)NC(=O)CNC(=O)[C@H](Cc1ccc(O)cc1)NC(=O)[C@@H](N)[C@@H](C)O)C(=O)N[C@@H](CCC(N)=O)C(=O)N[C@@H](CCCN=C(N)N)C(N)=O. The number of guanidine groups is 1. The molecule has 340 valence electrons. The Labute approximate surface area is 351 Å². The molecule has 0 radical (unpaired) electrons. The van der Waals surface area contributed by atoms with E-state index in [1.807, 2.05) is 0 Å². The summed E-state index contributed by atoms with van der Waals surface area (Å²) in [4.78, 5) is 119. The molecule has 0 aliphatic heterocycles. The lowest BCUT2D eigenvalue weighted by Crippen LogP contribution is -2.59. The van der Waals surface area contributed by atoms with E-state index in [0.717, 1.165) is 0 Å². The number of carboxylic acid groups (broad SMARTS) is 1. The number of nitrogens with two attached hydrogens (primary N) is 5. The zero-order chi connectivity index (χ0) is 46.4. The molecule has 7 atom stereocenters. The number of amides is 8. The van der Waals surface area contributed by atoms with Gasteiger partial charge in [0.05, 0.1) is 12.6 Å². The molecule has 8 amide bonds. The van der Waals surface area contributed by atoms with Gasteiger partial charge in [-0.1, -0.05) is 26.0 Å². The number of phenolic OH excluding ortho intramolecular Hbond substituents is 1. The predicted molar refractivity (Wildman–Crippen MR) is 218 cm³/mol. The number of benzene rings is 1. The number of primary amides is 2. The fourth-order valence-electron chi connectivity index (χ4n) is 5.50. The van der Waals surface area contributed by atoms with Gasteiger partial charge >= 0.3 is 5.97 Å². The predicted octanol–water partition coefficient (Wildman–Crippen LogP) is -5.10. The van der Waals surface area contributed by atoms with Crippen molar-refractivity contribution in [1.29, 1.82) is 0 Å². The van der Waals surface area contributed by atoms with Crippen molar-refractivity contribution in [3.63, 3.8) is 0 Å². The van der Waals surface area contributed by atoms with Gasteiger partial charge in [0.2, 0.25) is 47.3 Å². The maximum absolute atomic E-state index is 13.7. The second-order valence-corrected chi connectivity index (χ2v) is 14.6. The van der Waals surface area contributed by atoms with Crippen LogP contribution in [0.3, 0.4) is 0 Å². The number of hydrogen-bond donors (Lipinski definition) is 14. The summed E-state index contributed by atoms with van der Waals surface area (Å²) >= 11 is 0. The highest BCUT2D eigenvalue weighted by Crippen LogP contribution is 2.13. The smallest absolute Gasteiger partial charge is 0.303 e. The Hall–Kier alpha value is -6.56. The fourth-order valence-corrected chi connectivity index (χ4v) is 5.50. The van der Waals surface area contributed by atoms with Gasteiger partial charge in [-0.05, 0) is 62.6 Å². The van der Waals surface area contributed by atoms with Crippen molar-refractivity contribution in [3.8, 4) is 5.75 Å². The van der Waals surface area contributed by atoms with Gasteiger partial charge in [-0.3, -0.25) is 48.1 Å². The first kappa shape index (κ1) is 52.5. The van der Waals surface area contributed by atoms with Gasteiger partial charge in [0.25, 0.3) is 0 Å². The number of carbonyl (C=O) groups is 9. The first-order chi connectivity index (χ1) is 28.5. The van der Waals surface area contributed by atoms with E-state index in [0.29, 0.717) is 5.56 Å². The monoisotopic (exact) mass is 864 g/mol. The number of aromatic hydroxyl groups is 1. The number of aliphatic hydroxyl groups is 1. The number of aliphatic imine (C=N–C) groups is 1. The lowest BCUT2D eigenvalue weighted by Gasteiger charge is -2.27. The van der Waals surface area contributed by atoms with Crippen LogP contribution in [0, 0.1) is 5.92 Å². The quantitative estimate of drug-likeness (QED) is 0.0213. The number of hydrogen-bond acceptors (Lipinski definition) is 13. The van der Waals surface area contributed by atoms with E-state index in [9.17, 15) is 58.5 Å². The van der Waals surface area contributed by atoms with E-state index < -0.39 is 115 Å². The number of aliphatic hydroxyl groups excluding tert-OH is 1. The molecule has 24 heteroatoms. The Morgan fingerprint density at radius 3 is 1.72 bits per heavy atom. The van der Waals surface area contributed by atoms with E-state index in [1.54, 1.807) is 13.8 Å². The summed E-state index contributed by atoms with van der Waals surface area (Å²) < 4.78 is 0. The highest BCUT2D eigenvalue weighted by Gasteiger charge is 2.32. The topological polar surface area (TPSA) is 429 Å².